The van der Waals surface area contributed by atoms with Crippen LogP contribution < -0.4 is 0 Å². The van der Waals surface area contributed by atoms with Crippen LogP contribution in [0.5, 0.6) is 5.75 Å². The third kappa shape index (κ3) is 2.54. The molecule has 0 fully saturated rings. The Kier molecular flexibility index (Phi) is 3.47. The summed E-state index contributed by atoms with van der Waals surface area (Å²) in [6.07, 6.45) is 1.72. The average molecular weight is 345 g/mol. The number of pyridine rings is 1. The second-order valence-electron chi connectivity index (χ2n) is 4.71. The first kappa shape index (κ1) is 13.8. The fraction of sp³-hybridized carbons (Fsp3) is 0.133. The number of benzene rings is 1. The standard InChI is InChI=1S/C15H13BrN4O/c1-9-4-3-7-17-13(9)14-18-15(20(2)19-14)11-8-10(16)5-6-12(11)21/h3-8,21H,1-2H3. The van der Waals surface area contributed by atoms with Crippen LogP contribution in [0.15, 0.2) is 41.0 Å². The van der Waals surface area contributed by atoms with Crippen LogP contribution in [0.4, 0.5) is 0 Å². The van der Waals surface area contributed by atoms with Crippen molar-refractivity contribution >= 4 is 15.9 Å². The van der Waals surface area contributed by atoms with Crippen molar-refractivity contribution in [1.82, 2.24) is 19.7 Å². The molecule has 0 amide bonds. The van der Waals surface area contributed by atoms with E-state index >= 15 is 0 Å². The summed E-state index contributed by atoms with van der Waals surface area (Å²) in [4.78, 5) is 8.85. The lowest BCUT2D eigenvalue weighted by atomic mass is 10.2. The van der Waals surface area contributed by atoms with Crippen molar-refractivity contribution in [3.63, 3.8) is 0 Å². The number of phenolic OH excluding ortho intramolecular Hbond substituents is 1. The maximum absolute atomic E-state index is 10.0. The molecule has 0 saturated heterocycles. The largest absolute Gasteiger partial charge is 0.507 e. The van der Waals surface area contributed by atoms with Gasteiger partial charge in [0.1, 0.15) is 11.4 Å². The molecule has 6 heteroatoms. The molecule has 106 valence electrons. The minimum Gasteiger partial charge on any atom is -0.507 e. The van der Waals surface area contributed by atoms with Crippen LogP contribution >= 0.6 is 15.9 Å². The van der Waals surface area contributed by atoms with Gasteiger partial charge in [-0.3, -0.25) is 4.98 Å². The molecule has 5 nitrogen and oxygen atoms in total. The number of aryl methyl sites for hydroxylation is 2. The summed E-state index contributed by atoms with van der Waals surface area (Å²) in [5.74, 6) is 1.30. The lowest BCUT2D eigenvalue weighted by Crippen LogP contribution is -1.95. The Morgan fingerprint density at radius 2 is 2.05 bits per heavy atom. The van der Waals surface area contributed by atoms with E-state index in [1.54, 1.807) is 30.1 Å². The zero-order valence-corrected chi connectivity index (χ0v) is 13.2. The first-order valence-corrected chi connectivity index (χ1v) is 7.17. The Morgan fingerprint density at radius 1 is 1.24 bits per heavy atom. The van der Waals surface area contributed by atoms with Gasteiger partial charge in [-0.2, -0.15) is 0 Å². The van der Waals surface area contributed by atoms with Crippen LogP contribution in [0.2, 0.25) is 0 Å². The SMILES string of the molecule is Cc1cccnc1-c1nc(-c2cc(Br)ccc2O)n(C)n1. The molecule has 1 aromatic carbocycles. The van der Waals surface area contributed by atoms with Crippen LogP contribution in [0.25, 0.3) is 22.9 Å². The van der Waals surface area contributed by atoms with Crippen molar-refractivity contribution in [2.24, 2.45) is 7.05 Å². The van der Waals surface area contributed by atoms with Crippen LogP contribution in [-0.2, 0) is 7.05 Å². The van der Waals surface area contributed by atoms with E-state index in [9.17, 15) is 5.11 Å². The van der Waals surface area contributed by atoms with Crippen molar-refractivity contribution in [1.29, 1.82) is 0 Å². The third-order valence-electron chi connectivity index (χ3n) is 3.18. The van der Waals surface area contributed by atoms with Crippen molar-refractivity contribution in [2.75, 3.05) is 0 Å². The minimum absolute atomic E-state index is 0.165. The minimum atomic E-state index is 0.165. The van der Waals surface area contributed by atoms with E-state index in [0.29, 0.717) is 17.2 Å². The summed E-state index contributed by atoms with van der Waals surface area (Å²) in [6.45, 7) is 1.97. The number of hydrogen-bond donors (Lipinski definition) is 1. The van der Waals surface area contributed by atoms with Gasteiger partial charge in [-0.15, -0.1) is 5.10 Å². The fourth-order valence-electron chi connectivity index (χ4n) is 2.13. The first-order valence-electron chi connectivity index (χ1n) is 6.38. The molecule has 21 heavy (non-hydrogen) atoms. The highest BCUT2D eigenvalue weighted by molar-refractivity contribution is 9.10. The van der Waals surface area contributed by atoms with Crippen molar-refractivity contribution < 1.29 is 5.11 Å². The number of rotatable bonds is 2. The highest BCUT2D eigenvalue weighted by Gasteiger charge is 2.16. The molecule has 3 aromatic rings. The Bertz CT molecular complexity index is 813. The predicted molar refractivity (Wildman–Crippen MR) is 83.8 cm³/mol. The second-order valence-corrected chi connectivity index (χ2v) is 5.63. The van der Waals surface area contributed by atoms with Gasteiger partial charge in [0.15, 0.2) is 5.82 Å². The molecule has 0 aliphatic rings. The summed E-state index contributed by atoms with van der Waals surface area (Å²) in [7, 11) is 1.80. The van der Waals surface area contributed by atoms with Crippen LogP contribution in [-0.4, -0.2) is 24.9 Å². The van der Waals surface area contributed by atoms with E-state index < -0.39 is 0 Å². The number of aromatic nitrogens is 4. The molecule has 0 saturated carbocycles. The van der Waals surface area contributed by atoms with Gasteiger partial charge in [0.25, 0.3) is 0 Å². The van der Waals surface area contributed by atoms with E-state index in [1.807, 2.05) is 25.1 Å². The Balaban J connectivity index is 2.15. The molecule has 0 radical (unpaired) electrons. The van der Waals surface area contributed by atoms with Crippen LogP contribution in [0.3, 0.4) is 0 Å². The quantitative estimate of drug-likeness (QED) is 0.774. The monoisotopic (exact) mass is 344 g/mol. The number of hydrogen-bond acceptors (Lipinski definition) is 4. The first-order chi connectivity index (χ1) is 10.1. The van der Waals surface area contributed by atoms with Gasteiger partial charge in [-0.05, 0) is 36.8 Å². The van der Waals surface area contributed by atoms with Gasteiger partial charge >= 0.3 is 0 Å². The van der Waals surface area contributed by atoms with E-state index in [-0.39, 0.29) is 5.75 Å². The molecule has 0 aliphatic carbocycles. The van der Waals surface area contributed by atoms with Crippen molar-refractivity contribution in [2.45, 2.75) is 6.92 Å². The number of phenols is 1. The molecule has 3 rings (SSSR count). The number of aromatic hydroxyl groups is 1. The summed E-state index contributed by atoms with van der Waals surface area (Å²) in [5, 5.41) is 14.4. The van der Waals surface area contributed by atoms with Gasteiger partial charge in [-0.1, -0.05) is 22.0 Å². The van der Waals surface area contributed by atoms with Gasteiger partial charge in [0, 0.05) is 17.7 Å². The normalized spacial score (nSPS) is 10.8. The lowest BCUT2D eigenvalue weighted by molar-refractivity contribution is 0.476. The zero-order chi connectivity index (χ0) is 15.0. The summed E-state index contributed by atoms with van der Waals surface area (Å²) >= 11 is 3.40. The third-order valence-corrected chi connectivity index (χ3v) is 3.68. The average Bonchev–Trinajstić information content (AvgIpc) is 2.84. The van der Waals surface area contributed by atoms with Gasteiger partial charge in [-0.25, -0.2) is 9.67 Å². The number of halogens is 1. The predicted octanol–water partition coefficient (Wildman–Crippen LogP) is 3.32. The Morgan fingerprint density at radius 3 is 2.81 bits per heavy atom. The van der Waals surface area contributed by atoms with E-state index in [2.05, 4.69) is 31.0 Å². The lowest BCUT2D eigenvalue weighted by Gasteiger charge is -2.03. The van der Waals surface area contributed by atoms with Gasteiger partial charge in [0.2, 0.25) is 5.82 Å². The molecule has 1 N–H and O–H groups in total. The molecule has 0 atom stereocenters. The molecule has 2 aromatic heterocycles. The maximum Gasteiger partial charge on any atom is 0.200 e. The maximum atomic E-state index is 10.0. The Hall–Kier alpha value is -2.21. The molecule has 2 heterocycles. The van der Waals surface area contributed by atoms with Crippen LogP contribution in [0, 0.1) is 6.92 Å². The van der Waals surface area contributed by atoms with Crippen molar-refractivity contribution in [3.8, 4) is 28.7 Å². The van der Waals surface area contributed by atoms with E-state index in [0.717, 1.165) is 15.7 Å². The zero-order valence-electron chi connectivity index (χ0n) is 11.6. The number of nitrogens with zero attached hydrogens (tertiary/aromatic N) is 4. The molecule has 0 bridgehead atoms. The molecule has 0 unspecified atom stereocenters. The Labute approximate surface area is 130 Å². The molecule has 0 spiro atoms. The van der Waals surface area contributed by atoms with Gasteiger partial charge < -0.3 is 5.11 Å². The smallest absolute Gasteiger partial charge is 0.200 e. The highest BCUT2D eigenvalue weighted by atomic mass is 79.9. The second kappa shape index (κ2) is 5.29. The van der Waals surface area contributed by atoms with E-state index in [1.165, 1.54) is 0 Å². The fourth-order valence-corrected chi connectivity index (χ4v) is 2.49. The summed E-state index contributed by atoms with van der Waals surface area (Å²) in [6, 6.07) is 9.06. The highest BCUT2D eigenvalue weighted by Crippen LogP contribution is 2.31. The van der Waals surface area contributed by atoms with Gasteiger partial charge in [0.05, 0.1) is 5.56 Å². The topological polar surface area (TPSA) is 63.8 Å². The van der Waals surface area contributed by atoms with Crippen molar-refractivity contribution in [3.05, 3.63) is 46.6 Å². The summed E-state index contributed by atoms with van der Waals surface area (Å²) < 4.78 is 2.51. The molecular formula is C15H13BrN4O. The van der Waals surface area contributed by atoms with Crippen LogP contribution in [0.1, 0.15) is 5.56 Å². The van der Waals surface area contributed by atoms with E-state index in [4.69, 9.17) is 0 Å². The molecular weight excluding hydrogens is 332 g/mol. The molecule has 0 aliphatic heterocycles. The summed E-state index contributed by atoms with van der Waals surface area (Å²) in [5.41, 5.74) is 2.38.